The fourth-order valence-electron chi connectivity index (χ4n) is 5.31. The summed E-state index contributed by atoms with van der Waals surface area (Å²) in [5.41, 5.74) is 5.56. The Balaban J connectivity index is 0.00000193. The van der Waals surface area contributed by atoms with Gasteiger partial charge in [0.2, 0.25) is 0 Å². The van der Waals surface area contributed by atoms with Gasteiger partial charge in [0, 0.05) is 24.9 Å². The molecule has 6 heteroatoms. The first-order chi connectivity index (χ1) is 23.7. The summed E-state index contributed by atoms with van der Waals surface area (Å²) in [6.07, 6.45) is 7.63. The quantitative estimate of drug-likeness (QED) is 0.0446. The second-order valence-corrected chi connectivity index (χ2v) is 11.2. The first kappa shape index (κ1) is 40.8. The molecule has 0 radical (unpaired) electrons. The molecule has 4 rings (SSSR count). The topological polar surface area (TPSA) is 56.8 Å². The highest BCUT2D eigenvalue weighted by molar-refractivity contribution is 14.1. The van der Waals surface area contributed by atoms with Crippen LogP contribution in [0.3, 0.4) is 0 Å². The maximum absolute atomic E-state index is 12.7. The van der Waals surface area contributed by atoms with Gasteiger partial charge in [-0.25, -0.2) is 0 Å². The van der Waals surface area contributed by atoms with Gasteiger partial charge in [0.05, 0.1) is 19.8 Å². The van der Waals surface area contributed by atoms with Gasteiger partial charge in [-0.15, -0.1) is 0 Å². The molecule has 0 spiro atoms. The highest BCUT2D eigenvalue weighted by atomic mass is 127. The molecule has 4 aromatic rings. The second-order valence-electron chi connectivity index (χ2n) is 11.2. The third kappa shape index (κ3) is 15.2. The summed E-state index contributed by atoms with van der Waals surface area (Å²) in [6, 6.07) is 35.1. The fraction of sp³-hybridized carbons (Fsp3) is 0.405. The van der Waals surface area contributed by atoms with Crippen LogP contribution in [0, 0.1) is 0 Å². The third-order valence-corrected chi connectivity index (χ3v) is 7.81. The molecule has 48 heavy (non-hydrogen) atoms. The minimum atomic E-state index is -0.160. The van der Waals surface area contributed by atoms with E-state index >= 15 is 0 Å². The molecule has 0 heterocycles. The number of carbonyl (C=O) groups is 1. The first-order valence-corrected chi connectivity index (χ1v) is 19.6. The largest absolute Gasteiger partial charge is 0.497 e. The normalized spacial score (nSPS) is 10.9. The summed E-state index contributed by atoms with van der Waals surface area (Å²) < 4.78 is 17.6. The zero-order chi connectivity index (χ0) is 34.8. The van der Waals surface area contributed by atoms with Crippen LogP contribution in [-0.4, -0.2) is 31.2 Å². The van der Waals surface area contributed by atoms with Gasteiger partial charge >= 0.3 is 5.97 Å². The molecule has 0 aromatic heterocycles. The minimum Gasteiger partial charge on any atom is -0.497 e. The number of hydrogen-bond donors (Lipinski definition) is 1. The number of benzene rings is 4. The van der Waals surface area contributed by atoms with E-state index < -0.39 is 0 Å². The average molecular weight is 766 g/mol. The van der Waals surface area contributed by atoms with Crippen molar-refractivity contribution in [2.24, 2.45) is 0 Å². The van der Waals surface area contributed by atoms with Gasteiger partial charge in [-0.1, -0.05) is 148 Å². The number of rotatable bonds is 19. The van der Waals surface area contributed by atoms with E-state index in [4.69, 9.17) is 14.2 Å². The Labute approximate surface area is 303 Å². The van der Waals surface area contributed by atoms with Crippen LogP contribution >= 0.6 is 22.6 Å². The van der Waals surface area contributed by atoms with Crippen molar-refractivity contribution in [2.45, 2.75) is 84.8 Å². The summed E-state index contributed by atoms with van der Waals surface area (Å²) in [5, 5.41) is 3.77. The highest BCUT2D eigenvalue weighted by Gasteiger charge is 2.18. The van der Waals surface area contributed by atoms with Gasteiger partial charge in [-0.05, 0) is 64.3 Å². The number of ether oxygens (including phenoxy) is 3. The Morgan fingerprint density at radius 1 is 0.750 bits per heavy atom. The lowest BCUT2D eigenvalue weighted by atomic mass is 9.96. The maximum atomic E-state index is 12.7. The van der Waals surface area contributed by atoms with Crippen molar-refractivity contribution in [1.29, 1.82) is 0 Å². The summed E-state index contributed by atoms with van der Waals surface area (Å²) in [6.45, 7) is 7.71. The Bertz CT molecular complexity index is 1400. The molecule has 0 amide bonds. The van der Waals surface area contributed by atoms with Gasteiger partial charge in [-0.3, -0.25) is 4.79 Å². The van der Waals surface area contributed by atoms with Gasteiger partial charge in [0.25, 0.3) is 0 Å². The van der Waals surface area contributed by atoms with E-state index in [2.05, 4.69) is 95.5 Å². The van der Waals surface area contributed by atoms with Crippen LogP contribution in [0.25, 0.3) is 0 Å². The number of esters is 1. The summed E-state index contributed by atoms with van der Waals surface area (Å²) in [4.78, 5) is 14.6. The van der Waals surface area contributed by atoms with Gasteiger partial charge < -0.3 is 19.5 Å². The molecular weight excluding hydrogens is 709 g/mol. The van der Waals surface area contributed by atoms with E-state index in [1.54, 1.807) is 7.11 Å². The van der Waals surface area contributed by atoms with Crippen LogP contribution in [0.2, 0.25) is 0 Å². The smallest absolute Gasteiger partial charge is 0.306 e. The van der Waals surface area contributed by atoms with E-state index in [0.717, 1.165) is 66.8 Å². The van der Waals surface area contributed by atoms with E-state index in [0.29, 0.717) is 13.0 Å². The zero-order valence-electron chi connectivity index (χ0n) is 29.7. The third-order valence-electron chi connectivity index (χ3n) is 7.81. The summed E-state index contributed by atoms with van der Waals surface area (Å²) in [7, 11) is 1.69. The summed E-state index contributed by atoms with van der Waals surface area (Å²) in [5.74, 6) is 1.40. The van der Waals surface area contributed by atoms with E-state index in [-0.39, 0.29) is 18.6 Å². The molecule has 1 atom stereocenters. The predicted octanol–water partition coefficient (Wildman–Crippen LogP) is 10.7. The van der Waals surface area contributed by atoms with Crippen LogP contribution in [0.5, 0.6) is 11.5 Å². The summed E-state index contributed by atoms with van der Waals surface area (Å²) >= 11 is 2.15. The van der Waals surface area contributed by atoms with Gasteiger partial charge in [0.1, 0.15) is 18.1 Å². The molecule has 1 unspecified atom stereocenters. The van der Waals surface area contributed by atoms with Crippen LogP contribution in [-0.2, 0) is 29.0 Å². The minimum absolute atomic E-state index is 0.0831. The van der Waals surface area contributed by atoms with Crippen molar-refractivity contribution >= 4 is 28.6 Å². The first-order valence-electron chi connectivity index (χ1n) is 17.4. The molecule has 1 N–H and O–H groups in total. The Kier molecular flexibility index (Phi) is 21.8. The van der Waals surface area contributed by atoms with Gasteiger partial charge in [-0.2, -0.15) is 0 Å². The van der Waals surface area contributed by atoms with Crippen LogP contribution in [0.1, 0.15) is 93.2 Å². The average Bonchev–Trinajstić information content (AvgIpc) is 3.15. The van der Waals surface area contributed by atoms with E-state index in [9.17, 15) is 4.79 Å². The molecular formula is C42H56INO4. The molecule has 260 valence electrons. The van der Waals surface area contributed by atoms with E-state index in [1.165, 1.54) is 24.0 Å². The Morgan fingerprint density at radius 2 is 1.40 bits per heavy atom. The number of hydrogen-bond acceptors (Lipinski definition) is 5. The molecule has 0 bridgehead atoms. The van der Waals surface area contributed by atoms with Crippen molar-refractivity contribution in [1.82, 2.24) is 5.32 Å². The van der Waals surface area contributed by atoms with Gasteiger partial charge in [0.15, 0.2) is 0 Å². The second kappa shape index (κ2) is 25.6. The van der Waals surface area contributed by atoms with Crippen LogP contribution in [0.15, 0.2) is 103 Å². The zero-order valence-corrected chi connectivity index (χ0v) is 31.8. The number of unbranched alkanes of at least 4 members (excludes halogenated alkanes) is 4. The molecule has 0 saturated carbocycles. The highest BCUT2D eigenvalue weighted by Crippen LogP contribution is 2.30. The number of nitrogens with one attached hydrogen (secondary N) is 1. The molecule has 0 fully saturated rings. The van der Waals surface area contributed by atoms with Crippen molar-refractivity contribution in [3.05, 3.63) is 131 Å². The Hall–Kier alpha value is -3.36. The number of alkyl halides is 1. The Morgan fingerprint density at radius 3 is 2.06 bits per heavy atom. The fourth-order valence-corrected chi connectivity index (χ4v) is 5.31. The number of halogens is 1. The van der Waals surface area contributed by atoms with E-state index in [1.807, 2.05) is 61.2 Å². The van der Waals surface area contributed by atoms with Crippen molar-refractivity contribution in [3.8, 4) is 11.5 Å². The monoisotopic (exact) mass is 765 g/mol. The lowest BCUT2D eigenvalue weighted by Crippen LogP contribution is -2.25. The van der Waals surface area contributed by atoms with Crippen molar-refractivity contribution in [2.75, 3.05) is 25.2 Å². The lowest BCUT2D eigenvalue weighted by molar-refractivity contribution is -0.145. The molecule has 4 aromatic carbocycles. The SMILES string of the molecule is CC.CCCCCCCC(=O)OCc1cc(C(NCCc2ccccc2)c2cccc(OC)c2)ccc1OCCc1ccccc1.CI. The predicted molar refractivity (Wildman–Crippen MR) is 210 cm³/mol. The lowest BCUT2D eigenvalue weighted by Gasteiger charge is -2.22. The molecule has 0 aliphatic heterocycles. The van der Waals surface area contributed by atoms with Crippen molar-refractivity contribution < 1.29 is 19.0 Å². The molecule has 0 aliphatic rings. The molecule has 0 saturated heterocycles. The number of methoxy groups -OCH3 is 1. The number of carbonyl (C=O) groups excluding carboxylic acids is 1. The van der Waals surface area contributed by atoms with Crippen LogP contribution < -0.4 is 14.8 Å². The molecule has 0 aliphatic carbocycles. The maximum Gasteiger partial charge on any atom is 0.306 e. The standard InChI is InChI=1S/C39H47NO4.C2H6.CH3I/c1-3-4-5-6-13-21-38(41)44-30-35-28-34(22-23-37(35)43-27-25-32-17-11-8-12-18-32)39(33-19-14-20-36(29-33)42-2)40-26-24-31-15-9-7-10-16-31;2*1-2/h7-12,14-20,22-23,28-29,39-40H,3-6,13,21,24-27,30H2,1-2H3;1-2H3;1H3. The molecule has 5 nitrogen and oxygen atoms in total. The van der Waals surface area contributed by atoms with Crippen molar-refractivity contribution in [3.63, 3.8) is 0 Å². The van der Waals surface area contributed by atoms with Crippen LogP contribution in [0.4, 0.5) is 0 Å².